The first-order valence-corrected chi connectivity index (χ1v) is 9.00. The van der Waals surface area contributed by atoms with Crippen molar-refractivity contribution >= 4 is 28.2 Å². The molecule has 1 aliphatic rings. The average Bonchev–Trinajstić information content (AvgIpc) is 2.80. The Morgan fingerprint density at radius 1 is 1.30 bits per heavy atom. The number of likely N-dealkylation sites (tertiary alicyclic amines) is 1. The molecule has 0 saturated carbocycles. The van der Waals surface area contributed by atoms with Gasteiger partial charge in [-0.3, -0.25) is 4.79 Å². The van der Waals surface area contributed by atoms with E-state index < -0.39 is 0 Å². The van der Waals surface area contributed by atoms with Crippen LogP contribution in [0.15, 0.2) is 23.7 Å². The van der Waals surface area contributed by atoms with Gasteiger partial charge in [-0.1, -0.05) is 12.8 Å². The fraction of sp³-hybridized carbons (Fsp3) is 0.471. The Labute approximate surface area is 140 Å². The van der Waals surface area contributed by atoms with Gasteiger partial charge in [-0.05, 0) is 37.5 Å². The summed E-state index contributed by atoms with van der Waals surface area (Å²) in [5.74, 6) is 0.974. The predicted molar refractivity (Wildman–Crippen MR) is 93.1 cm³/mol. The standard InChI is InChI=1S/C17H22N4OS/c1-13-6-7-18-15(10-13)20-17-19-14(12-23-17)11-16(22)21-8-4-2-3-5-9-21/h6-7,10,12H,2-5,8-9,11H2,1H3,(H,18,19,20). The van der Waals surface area contributed by atoms with E-state index >= 15 is 0 Å². The number of nitrogens with zero attached hydrogens (tertiary/aromatic N) is 3. The highest BCUT2D eigenvalue weighted by Crippen LogP contribution is 2.21. The summed E-state index contributed by atoms with van der Waals surface area (Å²) in [6.07, 6.45) is 6.87. The summed E-state index contributed by atoms with van der Waals surface area (Å²) in [7, 11) is 0. The van der Waals surface area contributed by atoms with Crippen LogP contribution in [-0.4, -0.2) is 33.9 Å². The van der Waals surface area contributed by atoms with E-state index in [0.29, 0.717) is 6.42 Å². The van der Waals surface area contributed by atoms with Gasteiger partial charge < -0.3 is 10.2 Å². The van der Waals surface area contributed by atoms with Crippen molar-refractivity contribution in [2.45, 2.75) is 39.0 Å². The van der Waals surface area contributed by atoms with Crippen LogP contribution in [0.2, 0.25) is 0 Å². The van der Waals surface area contributed by atoms with Gasteiger partial charge in [0.2, 0.25) is 5.91 Å². The van der Waals surface area contributed by atoms with E-state index in [9.17, 15) is 4.79 Å². The second kappa shape index (κ2) is 7.55. The highest BCUT2D eigenvalue weighted by Gasteiger charge is 2.17. The van der Waals surface area contributed by atoms with Crippen molar-refractivity contribution in [1.82, 2.24) is 14.9 Å². The number of carbonyl (C=O) groups excluding carboxylic acids is 1. The van der Waals surface area contributed by atoms with Gasteiger partial charge in [-0.25, -0.2) is 9.97 Å². The van der Waals surface area contributed by atoms with Crippen LogP contribution in [0.3, 0.4) is 0 Å². The topological polar surface area (TPSA) is 58.1 Å². The van der Waals surface area contributed by atoms with Crippen LogP contribution in [0.25, 0.3) is 0 Å². The minimum absolute atomic E-state index is 0.192. The van der Waals surface area contributed by atoms with E-state index in [-0.39, 0.29) is 5.91 Å². The number of aryl methyl sites for hydroxylation is 1. The van der Waals surface area contributed by atoms with Gasteiger partial charge in [0, 0.05) is 24.7 Å². The number of amides is 1. The number of hydrogen-bond acceptors (Lipinski definition) is 5. The molecular formula is C17H22N4OS. The second-order valence-electron chi connectivity index (χ2n) is 5.96. The van der Waals surface area contributed by atoms with E-state index in [4.69, 9.17) is 0 Å². The van der Waals surface area contributed by atoms with Crippen LogP contribution < -0.4 is 5.32 Å². The first kappa shape index (κ1) is 15.9. The van der Waals surface area contributed by atoms with E-state index in [2.05, 4.69) is 15.3 Å². The Morgan fingerprint density at radius 2 is 2.09 bits per heavy atom. The third-order valence-electron chi connectivity index (χ3n) is 3.99. The molecule has 2 aromatic rings. The highest BCUT2D eigenvalue weighted by molar-refractivity contribution is 7.13. The molecule has 0 unspecified atom stereocenters. The monoisotopic (exact) mass is 330 g/mol. The van der Waals surface area contributed by atoms with Crippen molar-refractivity contribution in [3.63, 3.8) is 0 Å². The molecule has 0 aliphatic carbocycles. The zero-order chi connectivity index (χ0) is 16.1. The second-order valence-corrected chi connectivity index (χ2v) is 6.82. The number of nitrogens with one attached hydrogen (secondary N) is 1. The van der Waals surface area contributed by atoms with Crippen LogP contribution in [0.4, 0.5) is 10.9 Å². The van der Waals surface area contributed by atoms with Gasteiger partial charge >= 0.3 is 0 Å². The molecule has 0 atom stereocenters. The van der Waals surface area contributed by atoms with Gasteiger partial charge in [0.1, 0.15) is 5.82 Å². The fourth-order valence-electron chi connectivity index (χ4n) is 2.75. The van der Waals surface area contributed by atoms with Crippen molar-refractivity contribution in [2.24, 2.45) is 0 Å². The van der Waals surface area contributed by atoms with Crippen molar-refractivity contribution in [3.05, 3.63) is 35.0 Å². The number of pyridine rings is 1. The number of aromatic nitrogens is 2. The quantitative estimate of drug-likeness (QED) is 0.931. The maximum Gasteiger partial charge on any atom is 0.228 e. The van der Waals surface area contributed by atoms with Crippen molar-refractivity contribution in [3.8, 4) is 0 Å². The minimum Gasteiger partial charge on any atom is -0.342 e. The van der Waals surface area contributed by atoms with Gasteiger partial charge in [-0.2, -0.15) is 0 Å². The molecule has 1 fully saturated rings. The van der Waals surface area contributed by atoms with Crippen molar-refractivity contribution in [2.75, 3.05) is 18.4 Å². The number of anilines is 2. The molecule has 5 nitrogen and oxygen atoms in total. The van der Waals surface area contributed by atoms with Gasteiger partial charge in [0.05, 0.1) is 12.1 Å². The maximum atomic E-state index is 12.4. The third kappa shape index (κ3) is 4.51. The Kier molecular flexibility index (Phi) is 5.23. The molecule has 2 aromatic heterocycles. The lowest BCUT2D eigenvalue weighted by molar-refractivity contribution is -0.130. The molecule has 0 radical (unpaired) electrons. The minimum atomic E-state index is 0.192. The molecule has 3 heterocycles. The molecule has 0 spiro atoms. The lowest BCUT2D eigenvalue weighted by Crippen LogP contribution is -2.33. The number of hydrogen-bond donors (Lipinski definition) is 1. The van der Waals surface area contributed by atoms with Crippen LogP contribution in [0, 0.1) is 6.92 Å². The van der Waals surface area contributed by atoms with E-state index in [0.717, 1.165) is 48.1 Å². The summed E-state index contributed by atoms with van der Waals surface area (Å²) in [6.45, 7) is 3.81. The largest absolute Gasteiger partial charge is 0.342 e. The fourth-order valence-corrected chi connectivity index (χ4v) is 3.46. The van der Waals surface area contributed by atoms with Crippen LogP contribution >= 0.6 is 11.3 Å². The van der Waals surface area contributed by atoms with Crippen LogP contribution in [-0.2, 0) is 11.2 Å². The zero-order valence-electron chi connectivity index (χ0n) is 13.4. The molecule has 23 heavy (non-hydrogen) atoms. The highest BCUT2D eigenvalue weighted by atomic mass is 32.1. The molecule has 1 aliphatic heterocycles. The lowest BCUT2D eigenvalue weighted by Gasteiger charge is -2.19. The number of thiazole rings is 1. The Bertz CT molecular complexity index is 662. The summed E-state index contributed by atoms with van der Waals surface area (Å²) in [5.41, 5.74) is 1.98. The summed E-state index contributed by atoms with van der Waals surface area (Å²) >= 11 is 1.51. The zero-order valence-corrected chi connectivity index (χ0v) is 14.2. The van der Waals surface area contributed by atoms with Crippen LogP contribution in [0.5, 0.6) is 0 Å². The Hall–Kier alpha value is -1.95. The molecule has 1 amide bonds. The normalized spacial score (nSPS) is 15.3. The SMILES string of the molecule is Cc1ccnc(Nc2nc(CC(=O)N3CCCCCC3)cs2)c1. The van der Waals surface area contributed by atoms with Crippen molar-refractivity contribution < 1.29 is 4.79 Å². The lowest BCUT2D eigenvalue weighted by atomic mass is 10.2. The summed E-state index contributed by atoms with van der Waals surface area (Å²) in [5, 5.41) is 5.93. The van der Waals surface area contributed by atoms with Gasteiger partial charge in [-0.15, -0.1) is 11.3 Å². The molecule has 6 heteroatoms. The number of rotatable bonds is 4. The molecular weight excluding hydrogens is 308 g/mol. The molecule has 0 bridgehead atoms. The molecule has 1 N–H and O–H groups in total. The van der Waals surface area contributed by atoms with Gasteiger partial charge in [0.15, 0.2) is 5.13 Å². The first-order chi connectivity index (χ1) is 11.2. The average molecular weight is 330 g/mol. The number of carbonyl (C=O) groups is 1. The van der Waals surface area contributed by atoms with E-state index in [1.54, 1.807) is 6.20 Å². The predicted octanol–water partition coefficient (Wildman–Crippen LogP) is 3.54. The van der Waals surface area contributed by atoms with Crippen molar-refractivity contribution in [1.29, 1.82) is 0 Å². The molecule has 122 valence electrons. The van der Waals surface area contributed by atoms with E-state index in [1.165, 1.54) is 24.2 Å². The molecule has 0 aromatic carbocycles. The summed E-state index contributed by atoms with van der Waals surface area (Å²) in [6, 6.07) is 3.93. The summed E-state index contributed by atoms with van der Waals surface area (Å²) in [4.78, 5) is 23.2. The molecule has 1 saturated heterocycles. The third-order valence-corrected chi connectivity index (χ3v) is 4.80. The van der Waals surface area contributed by atoms with E-state index in [1.807, 2.05) is 29.3 Å². The summed E-state index contributed by atoms with van der Waals surface area (Å²) < 4.78 is 0. The Morgan fingerprint density at radius 3 is 2.83 bits per heavy atom. The molecule has 3 rings (SSSR count). The van der Waals surface area contributed by atoms with Gasteiger partial charge in [0.25, 0.3) is 0 Å². The Balaban J connectivity index is 1.59. The first-order valence-electron chi connectivity index (χ1n) is 8.12. The smallest absolute Gasteiger partial charge is 0.228 e. The van der Waals surface area contributed by atoms with Crippen LogP contribution in [0.1, 0.15) is 36.9 Å². The maximum absolute atomic E-state index is 12.4.